The van der Waals surface area contributed by atoms with Gasteiger partial charge in [-0.15, -0.1) is 0 Å². The van der Waals surface area contributed by atoms with E-state index in [-0.39, 0.29) is 28.4 Å². The summed E-state index contributed by atoms with van der Waals surface area (Å²) in [7, 11) is 1.56. The Morgan fingerprint density at radius 1 is 1.22 bits per heavy atom. The summed E-state index contributed by atoms with van der Waals surface area (Å²) in [5.41, 5.74) is 1.56. The van der Waals surface area contributed by atoms with Crippen molar-refractivity contribution < 1.29 is 18.3 Å². The fourth-order valence-electron chi connectivity index (χ4n) is 3.62. The Labute approximate surface area is 182 Å². The van der Waals surface area contributed by atoms with Gasteiger partial charge in [0.15, 0.2) is 11.2 Å². The van der Waals surface area contributed by atoms with Crippen molar-refractivity contribution in [2.24, 2.45) is 0 Å². The molecular formula is C24H20FN3O4. The molecule has 0 radical (unpaired) electrons. The molecule has 1 aliphatic rings. The number of fused-ring (bicyclic) bond motifs is 1. The van der Waals surface area contributed by atoms with Gasteiger partial charge < -0.3 is 14.5 Å². The number of benzene rings is 2. The molecule has 5 rings (SSSR count). The Morgan fingerprint density at radius 2 is 2.00 bits per heavy atom. The van der Waals surface area contributed by atoms with Gasteiger partial charge in [0.2, 0.25) is 5.91 Å². The van der Waals surface area contributed by atoms with E-state index in [2.05, 4.69) is 15.5 Å². The summed E-state index contributed by atoms with van der Waals surface area (Å²) < 4.78 is 25.6. The number of ether oxygens (including phenoxy) is 1. The number of amides is 1. The molecule has 0 spiro atoms. The van der Waals surface area contributed by atoms with Gasteiger partial charge in [0.25, 0.3) is 0 Å². The predicted molar refractivity (Wildman–Crippen MR) is 117 cm³/mol. The Kier molecular flexibility index (Phi) is 4.97. The summed E-state index contributed by atoms with van der Waals surface area (Å²) >= 11 is 0. The van der Waals surface area contributed by atoms with Crippen molar-refractivity contribution in [1.82, 2.24) is 10.2 Å². The van der Waals surface area contributed by atoms with Crippen LogP contribution in [-0.4, -0.2) is 23.2 Å². The second-order valence-corrected chi connectivity index (χ2v) is 7.85. The minimum Gasteiger partial charge on any atom is -0.497 e. The number of halogens is 1. The number of hydrogen-bond donors (Lipinski definition) is 2. The monoisotopic (exact) mass is 433 g/mol. The van der Waals surface area contributed by atoms with Crippen LogP contribution < -0.4 is 15.5 Å². The van der Waals surface area contributed by atoms with Crippen molar-refractivity contribution in [1.29, 1.82) is 0 Å². The molecule has 1 aliphatic carbocycles. The van der Waals surface area contributed by atoms with Crippen molar-refractivity contribution >= 4 is 22.7 Å². The number of carbonyl (C=O) groups excluding carboxylic acids is 1. The molecule has 2 aromatic heterocycles. The van der Waals surface area contributed by atoms with E-state index >= 15 is 0 Å². The molecule has 1 fully saturated rings. The molecular weight excluding hydrogens is 413 g/mol. The molecule has 0 saturated heterocycles. The van der Waals surface area contributed by atoms with Gasteiger partial charge in [0.05, 0.1) is 18.9 Å². The minimum atomic E-state index is -0.622. The van der Waals surface area contributed by atoms with E-state index in [9.17, 15) is 14.0 Å². The molecule has 4 aromatic rings. The molecule has 1 saturated carbocycles. The number of aromatic amines is 1. The third-order valence-electron chi connectivity index (χ3n) is 5.50. The van der Waals surface area contributed by atoms with E-state index in [4.69, 9.17) is 9.15 Å². The van der Waals surface area contributed by atoms with Gasteiger partial charge in [0.1, 0.15) is 22.9 Å². The summed E-state index contributed by atoms with van der Waals surface area (Å²) in [6.07, 6.45) is 1.99. The number of hydrogen-bond acceptors (Lipinski definition) is 5. The maximum Gasteiger partial charge on any atom is 0.230 e. The molecule has 8 heteroatoms. The van der Waals surface area contributed by atoms with Crippen LogP contribution in [0, 0.1) is 5.82 Å². The average molecular weight is 433 g/mol. The molecule has 0 unspecified atom stereocenters. The standard InChI is InChI=1S/C24H20FN3O4/c1-31-16-6-4-14(5-7-16)21-12-20(29)17-8-15(18(25)10-22(17)32-21)9-24(30)26-23-11-19(27-28-23)13-2-3-13/h4-8,10-13H,2-3,9H2,1H3,(H2,26,27,28,30). The van der Waals surface area contributed by atoms with Gasteiger partial charge in [0, 0.05) is 35.4 Å². The van der Waals surface area contributed by atoms with Crippen molar-refractivity contribution in [2.45, 2.75) is 25.2 Å². The van der Waals surface area contributed by atoms with Crippen molar-refractivity contribution in [3.05, 3.63) is 75.8 Å². The predicted octanol–water partition coefficient (Wildman–Crippen LogP) is 4.39. The van der Waals surface area contributed by atoms with Crippen molar-refractivity contribution in [3.8, 4) is 17.1 Å². The maximum absolute atomic E-state index is 14.7. The molecule has 2 heterocycles. The van der Waals surface area contributed by atoms with Crippen LogP contribution in [0.5, 0.6) is 5.75 Å². The van der Waals surface area contributed by atoms with Crippen molar-refractivity contribution in [3.63, 3.8) is 0 Å². The quantitative estimate of drug-likeness (QED) is 0.470. The van der Waals surface area contributed by atoms with Gasteiger partial charge in [-0.1, -0.05) is 0 Å². The highest BCUT2D eigenvalue weighted by Gasteiger charge is 2.25. The van der Waals surface area contributed by atoms with E-state index in [1.165, 1.54) is 12.1 Å². The van der Waals surface area contributed by atoms with Crippen LogP contribution in [0.1, 0.15) is 30.0 Å². The lowest BCUT2D eigenvalue weighted by molar-refractivity contribution is -0.115. The zero-order chi connectivity index (χ0) is 22.2. The molecule has 2 N–H and O–H groups in total. The van der Waals surface area contributed by atoms with Crippen LogP contribution in [0.4, 0.5) is 10.2 Å². The van der Waals surface area contributed by atoms with Crippen LogP contribution in [0.15, 0.2) is 57.7 Å². The minimum absolute atomic E-state index is 0.109. The van der Waals surface area contributed by atoms with Crippen LogP contribution in [-0.2, 0) is 11.2 Å². The van der Waals surface area contributed by atoms with E-state index in [0.29, 0.717) is 28.8 Å². The lowest BCUT2D eigenvalue weighted by Gasteiger charge is -2.08. The largest absolute Gasteiger partial charge is 0.497 e. The highest BCUT2D eigenvalue weighted by Crippen LogP contribution is 2.39. The fourth-order valence-corrected chi connectivity index (χ4v) is 3.62. The number of methoxy groups -OCH3 is 1. The second-order valence-electron chi connectivity index (χ2n) is 7.85. The van der Waals surface area contributed by atoms with Gasteiger partial charge >= 0.3 is 0 Å². The second kappa shape index (κ2) is 7.96. The first-order valence-electron chi connectivity index (χ1n) is 10.3. The molecule has 162 valence electrons. The summed E-state index contributed by atoms with van der Waals surface area (Å²) in [6.45, 7) is 0. The lowest BCUT2D eigenvalue weighted by Crippen LogP contribution is -2.16. The number of nitrogens with zero attached hydrogens (tertiary/aromatic N) is 1. The van der Waals surface area contributed by atoms with E-state index in [1.807, 2.05) is 0 Å². The average Bonchev–Trinajstić information content (AvgIpc) is 3.54. The normalized spacial score (nSPS) is 13.3. The Bertz CT molecular complexity index is 1370. The van der Waals surface area contributed by atoms with E-state index in [0.717, 1.165) is 24.6 Å². The smallest absolute Gasteiger partial charge is 0.230 e. The van der Waals surface area contributed by atoms with Crippen molar-refractivity contribution in [2.75, 3.05) is 12.4 Å². The molecule has 2 aromatic carbocycles. The first-order valence-corrected chi connectivity index (χ1v) is 10.3. The fraction of sp³-hybridized carbons (Fsp3) is 0.208. The number of aromatic nitrogens is 2. The topological polar surface area (TPSA) is 97.2 Å². The summed E-state index contributed by atoms with van der Waals surface area (Å²) in [4.78, 5) is 25.1. The summed E-state index contributed by atoms with van der Waals surface area (Å²) in [5, 5.41) is 9.85. The zero-order valence-corrected chi connectivity index (χ0v) is 17.3. The number of carbonyl (C=O) groups is 1. The van der Waals surface area contributed by atoms with Gasteiger partial charge in [-0.2, -0.15) is 5.10 Å². The highest BCUT2D eigenvalue weighted by molar-refractivity contribution is 5.92. The van der Waals surface area contributed by atoms with Gasteiger partial charge in [-0.05, 0) is 48.7 Å². The Balaban J connectivity index is 1.39. The van der Waals surface area contributed by atoms with Crippen LogP contribution in [0.3, 0.4) is 0 Å². The number of H-pyrrole nitrogens is 1. The first kappa shape index (κ1) is 20.0. The Morgan fingerprint density at radius 3 is 2.72 bits per heavy atom. The van der Waals surface area contributed by atoms with E-state index < -0.39 is 11.7 Å². The molecule has 1 amide bonds. The molecule has 0 aliphatic heterocycles. The van der Waals surface area contributed by atoms with Crippen LogP contribution >= 0.6 is 0 Å². The van der Waals surface area contributed by atoms with Gasteiger partial charge in [-0.3, -0.25) is 14.7 Å². The first-order chi connectivity index (χ1) is 15.5. The zero-order valence-electron chi connectivity index (χ0n) is 17.3. The van der Waals surface area contributed by atoms with Crippen LogP contribution in [0.25, 0.3) is 22.3 Å². The Hall–Kier alpha value is -3.94. The SMILES string of the molecule is COc1ccc(-c2cc(=O)c3cc(CC(=O)Nc4cc(C5CC5)[nH]n4)c(F)cc3o2)cc1. The number of rotatable bonds is 6. The third-order valence-corrected chi connectivity index (χ3v) is 5.50. The van der Waals surface area contributed by atoms with E-state index in [1.54, 1.807) is 37.4 Å². The molecule has 0 bridgehead atoms. The maximum atomic E-state index is 14.7. The molecule has 7 nitrogen and oxygen atoms in total. The lowest BCUT2D eigenvalue weighted by atomic mass is 10.1. The molecule has 32 heavy (non-hydrogen) atoms. The number of nitrogens with one attached hydrogen (secondary N) is 2. The highest BCUT2D eigenvalue weighted by atomic mass is 19.1. The summed E-state index contributed by atoms with van der Waals surface area (Å²) in [5.74, 6) is 0.832. The van der Waals surface area contributed by atoms with Gasteiger partial charge in [-0.25, -0.2) is 4.39 Å². The van der Waals surface area contributed by atoms with Crippen LogP contribution in [0.2, 0.25) is 0 Å². The summed E-state index contributed by atoms with van der Waals surface area (Å²) in [6, 6.07) is 12.7. The molecule has 0 atom stereocenters. The third kappa shape index (κ3) is 3.99. The number of anilines is 1.